The van der Waals surface area contributed by atoms with Crippen LogP contribution in [0, 0.1) is 31.6 Å². The monoisotopic (exact) mass is 630 g/mol. The number of nitrogens with zero attached hydrogens (tertiary/aromatic N) is 2. The molecule has 2 aromatic carbocycles. The highest BCUT2D eigenvalue weighted by Gasteiger charge is 2.75. The average molecular weight is 632 g/mol. The Morgan fingerprint density at radius 3 is 2.18 bits per heavy atom. The minimum atomic E-state index is -1.84. The van der Waals surface area contributed by atoms with Gasteiger partial charge in [0.1, 0.15) is 5.75 Å². The number of rotatable bonds is 2. The molecule has 1 saturated carbocycles. The summed E-state index contributed by atoms with van der Waals surface area (Å²) in [5.74, 6) is -4.57. The van der Waals surface area contributed by atoms with E-state index in [1.54, 1.807) is 50.2 Å². The molecule has 10 heteroatoms. The van der Waals surface area contributed by atoms with E-state index >= 15 is 0 Å². The highest BCUT2D eigenvalue weighted by molar-refractivity contribution is 9.10. The van der Waals surface area contributed by atoms with Gasteiger partial charge in [-0.2, -0.15) is 0 Å². The van der Waals surface area contributed by atoms with E-state index in [0.29, 0.717) is 28.8 Å². The molecule has 6 rings (SSSR count). The summed E-state index contributed by atoms with van der Waals surface area (Å²) in [6.07, 6.45) is 2.14. The number of imide groups is 2. The van der Waals surface area contributed by atoms with Gasteiger partial charge in [-0.1, -0.05) is 39.7 Å². The number of amides is 4. The fourth-order valence-electron chi connectivity index (χ4n) is 7.12. The molecule has 7 nitrogen and oxygen atoms in total. The molecular weight excluding hydrogens is 607 g/mol. The Kier molecular flexibility index (Phi) is 5.89. The van der Waals surface area contributed by atoms with Crippen LogP contribution in [0.15, 0.2) is 52.5 Å². The second kappa shape index (κ2) is 8.66. The number of hydrogen-bond donors (Lipinski definition) is 1. The van der Waals surface area contributed by atoms with E-state index in [-0.39, 0.29) is 24.0 Å². The van der Waals surface area contributed by atoms with Crippen LogP contribution in [0.1, 0.15) is 35.4 Å². The lowest BCUT2D eigenvalue weighted by atomic mass is 9.56. The molecule has 39 heavy (non-hydrogen) atoms. The zero-order valence-corrected chi connectivity index (χ0v) is 24.5. The molecule has 2 saturated heterocycles. The number of phenols is 1. The lowest BCUT2D eigenvalue weighted by Crippen LogP contribution is -2.60. The molecular formula is C29H25BrCl2N2O5. The number of phenolic OH excluding ortho intramolecular Hbond substituents is 1. The highest BCUT2D eigenvalue weighted by atomic mass is 79.9. The van der Waals surface area contributed by atoms with Gasteiger partial charge < -0.3 is 5.11 Å². The van der Waals surface area contributed by atoms with E-state index < -0.39 is 45.2 Å². The van der Waals surface area contributed by atoms with Crippen molar-refractivity contribution in [2.24, 2.45) is 17.8 Å². The molecule has 0 bridgehead atoms. The highest BCUT2D eigenvalue weighted by Crippen LogP contribution is 2.65. The molecule has 0 aromatic heterocycles. The quantitative estimate of drug-likeness (QED) is 0.287. The summed E-state index contributed by atoms with van der Waals surface area (Å²) < 4.78 is 0.817. The summed E-state index contributed by atoms with van der Waals surface area (Å²) in [5, 5.41) is 10.4. The Labute approximate surface area is 243 Å². The SMILES string of the molecule is Cc1cc(C2C3=CCC4C(=O)N(c5ccc(Br)cc5)C(=O)C4C3CC3(Cl)C(=O)N(C)C(=O)C23Cl)cc(C)c1O. The van der Waals surface area contributed by atoms with Crippen LogP contribution in [0.25, 0.3) is 0 Å². The van der Waals surface area contributed by atoms with Crippen molar-refractivity contribution in [3.05, 3.63) is 69.2 Å². The molecule has 1 N–H and O–H groups in total. The molecule has 3 fully saturated rings. The Hall–Kier alpha value is -2.68. The smallest absolute Gasteiger partial charge is 0.253 e. The number of aromatic hydroxyl groups is 1. The third kappa shape index (κ3) is 3.34. The van der Waals surface area contributed by atoms with Gasteiger partial charge in [0.2, 0.25) is 11.8 Å². The maximum atomic E-state index is 14.0. The number of carbonyl (C=O) groups excluding carboxylic acids is 4. The molecule has 2 aliphatic carbocycles. The summed E-state index contributed by atoms with van der Waals surface area (Å²) >= 11 is 17.8. The van der Waals surface area contributed by atoms with Crippen molar-refractivity contribution in [3.8, 4) is 5.75 Å². The molecule has 6 unspecified atom stereocenters. The van der Waals surface area contributed by atoms with Crippen molar-refractivity contribution in [1.29, 1.82) is 0 Å². The molecule has 202 valence electrons. The number of halogens is 3. The van der Waals surface area contributed by atoms with Crippen molar-refractivity contribution >= 4 is 68.4 Å². The first-order chi connectivity index (χ1) is 18.3. The van der Waals surface area contributed by atoms with Crippen LogP contribution in [-0.4, -0.2) is 50.4 Å². The summed E-state index contributed by atoms with van der Waals surface area (Å²) in [6, 6.07) is 10.4. The van der Waals surface area contributed by atoms with E-state index in [4.69, 9.17) is 23.2 Å². The van der Waals surface area contributed by atoms with Crippen LogP contribution in [0.3, 0.4) is 0 Å². The number of anilines is 1. The van der Waals surface area contributed by atoms with E-state index in [1.807, 2.05) is 6.08 Å². The fraction of sp³-hybridized carbons (Fsp3) is 0.379. The normalized spacial score (nSPS) is 33.7. The lowest BCUT2D eigenvalue weighted by Gasteiger charge is -2.51. The summed E-state index contributed by atoms with van der Waals surface area (Å²) in [5.41, 5.74) is 2.99. The van der Waals surface area contributed by atoms with E-state index in [2.05, 4.69) is 15.9 Å². The first-order valence-corrected chi connectivity index (χ1v) is 14.2. The molecule has 6 atom stereocenters. The minimum Gasteiger partial charge on any atom is -0.507 e. The van der Waals surface area contributed by atoms with Gasteiger partial charge in [-0.25, -0.2) is 0 Å². The average Bonchev–Trinajstić information content (AvgIpc) is 3.22. The summed E-state index contributed by atoms with van der Waals surface area (Å²) in [4.78, 5) is 53.3. The van der Waals surface area contributed by atoms with Crippen molar-refractivity contribution in [2.45, 2.75) is 42.4 Å². The van der Waals surface area contributed by atoms with E-state index in [9.17, 15) is 24.3 Å². The number of fused-ring (bicyclic) bond motifs is 4. The molecule has 2 heterocycles. The zero-order valence-electron chi connectivity index (χ0n) is 21.4. The van der Waals surface area contributed by atoms with Crippen molar-refractivity contribution in [2.75, 3.05) is 11.9 Å². The molecule has 2 aliphatic heterocycles. The van der Waals surface area contributed by atoms with Gasteiger partial charge in [0, 0.05) is 17.4 Å². The number of hydrogen-bond acceptors (Lipinski definition) is 5. The minimum absolute atomic E-state index is 0.0558. The van der Waals surface area contributed by atoms with Crippen LogP contribution >= 0.6 is 39.1 Å². The van der Waals surface area contributed by atoms with Gasteiger partial charge in [0.15, 0.2) is 9.75 Å². The number of allylic oxidation sites excluding steroid dienone is 2. The Morgan fingerprint density at radius 1 is 0.949 bits per heavy atom. The molecule has 4 amide bonds. The Morgan fingerprint density at radius 2 is 1.56 bits per heavy atom. The standard InChI is InChI=1S/C29H25BrCl2N2O5/c1-13-10-15(11-14(2)23(13)35)22-18-8-9-19-21(25(37)34(24(19)36)17-6-4-16(30)5-7-17)20(18)12-28(31)26(38)33(3)27(39)29(22,28)32/h4-8,10-11,19-22,35H,9,12H2,1-3H3. The number of alkyl halides is 2. The number of carbonyl (C=O) groups is 4. The topological polar surface area (TPSA) is 95.0 Å². The van der Waals surface area contributed by atoms with E-state index in [1.165, 1.54) is 11.9 Å². The van der Waals surface area contributed by atoms with Gasteiger partial charge in [-0.05, 0) is 73.6 Å². The number of benzene rings is 2. The van der Waals surface area contributed by atoms with Gasteiger partial charge in [0.05, 0.1) is 17.5 Å². The van der Waals surface area contributed by atoms with Gasteiger partial charge in [-0.15, -0.1) is 23.2 Å². The first kappa shape index (κ1) is 26.5. The largest absolute Gasteiger partial charge is 0.507 e. The zero-order chi connectivity index (χ0) is 28.2. The van der Waals surface area contributed by atoms with Crippen LogP contribution in [0.5, 0.6) is 5.75 Å². The molecule has 0 radical (unpaired) electrons. The maximum absolute atomic E-state index is 14.0. The van der Waals surface area contributed by atoms with Crippen molar-refractivity contribution in [1.82, 2.24) is 4.90 Å². The molecule has 0 spiro atoms. The predicted molar refractivity (Wildman–Crippen MR) is 150 cm³/mol. The van der Waals surface area contributed by atoms with Gasteiger partial charge in [0.25, 0.3) is 11.8 Å². The lowest BCUT2D eigenvalue weighted by molar-refractivity contribution is -0.138. The second-order valence-corrected chi connectivity index (χ2v) is 13.1. The second-order valence-electron chi connectivity index (χ2n) is 11.0. The predicted octanol–water partition coefficient (Wildman–Crippen LogP) is 4.96. The maximum Gasteiger partial charge on any atom is 0.253 e. The first-order valence-electron chi connectivity index (χ1n) is 12.7. The van der Waals surface area contributed by atoms with Gasteiger partial charge in [-0.3, -0.25) is 29.0 Å². The fourth-order valence-corrected chi connectivity index (χ4v) is 8.40. The third-order valence-electron chi connectivity index (χ3n) is 8.95. The summed E-state index contributed by atoms with van der Waals surface area (Å²) in [7, 11) is 1.36. The summed E-state index contributed by atoms with van der Waals surface area (Å²) in [6.45, 7) is 3.49. The number of aryl methyl sites for hydroxylation is 2. The third-order valence-corrected chi connectivity index (χ3v) is 10.9. The number of likely N-dealkylation sites (tertiary alicyclic amines) is 1. The van der Waals surface area contributed by atoms with Crippen molar-refractivity contribution in [3.63, 3.8) is 0 Å². The van der Waals surface area contributed by atoms with Crippen LogP contribution in [-0.2, 0) is 19.2 Å². The van der Waals surface area contributed by atoms with Crippen molar-refractivity contribution < 1.29 is 24.3 Å². The molecule has 4 aliphatic rings. The molecule has 2 aromatic rings. The van der Waals surface area contributed by atoms with E-state index in [0.717, 1.165) is 14.9 Å². The Balaban J connectivity index is 1.53. The Bertz CT molecular complexity index is 1500. The van der Waals surface area contributed by atoms with Crippen LogP contribution in [0.4, 0.5) is 5.69 Å². The van der Waals surface area contributed by atoms with Crippen LogP contribution in [0.2, 0.25) is 0 Å². The van der Waals surface area contributed by atoms with Crippen LogP contribution < -0.4 is 4.90 Å². The van der Waals surface area contributed by atoms with Gasteiger partial charge >= 0.3 is 0 Å².